The number of carbonyl (C=O) groups is 2. The second kappa shape index (κ2) is 6.33. The van der Waals surface area contributed by atoms with Gasteiger partial charge in [-0.2, -0.15) is 0 Å². The van der Waals surface area contributed by atoms with Gasteiger partial charge in [0.05, 0.1) is 18.4 Å². The van der Waals surface area contributed by atoms with Crippen LogP contribution in [0, 0.1) is 0 Å². The van der Waals surface area contributed by atoms with E-state index in [0.717, 1.165) is 0 Å². The lowest BCUT2D eigenvalue weighted by Gasteiger charge is -2.09. The van der Waals surface area contributed by atoms with Crippen LogP contribution in [0.5, 0.6) is 0 Å². The number of carbonyl (C=O) groups excluding carboxylic acids is 2. The zero-order valence-electron chi connectivity index (χ0n) is 10.9. The minimum absolute atomic E-state index is 0.107. The largest absolute Gasteiger partial charge is 0.465 e. The van der Waals surface area contributed by atoms with Crippen LogP contribution in [0.25, 0.3) is 0 Å². The number of nitrogens with one attached hydrogen (secondary N) is 2. The summed E-state index contributed by atoms with van der Waals surface area (Å²) in [5.74, 6) is -0.559. The van der Waals surface area contributed by atoms with E-state index < -0.39 is 5.97 Å². The zero-order valence-corrected chi connectivity index (χ0v) is 10.9. The molecule has 5 heteroatoms. The van der Waals surface area contributed by atoms with Crippen molar-refractivity contribution in [3.63, 3.8) is 0 Å². The first-order chi connectivity index (χ1) is 9.20. The average Bonchev–Trinajstić information content (AvgIpc) is 3.22. The molecule has 2 N–H and O–H groups in total. The molecular formula is C14H18N2O3. The Kier molecular flexibility index (Phi) is 4.52. The van der Waals surface area contributed by atoms with Gasteiger partial charge in [0.1, 0.15) is 0 Å². The number of ether oxygens (including phenoxy) is 1. The van der Waals surface area contributed by atoms with Crippen molar-refractivity contribution in [2.75, 3.05) is 19.0 Å². The number of para-hydroxylation sites is 1. The Hall–Kier alpha value is -1.88. The van der Waals surface area contributed by atoms with Gasteiger partial charge in [0.25, 0.3) is 0 Å². The van der Waals surface area contributed by atoms with Crippen LogP contribution in [0.2, 0.25) is 0 Å². The van der Waals surface area contributed by atoms with Crippen molar-refractivity contribution in [2.24, 2.45) is 0 Å². The molecule has 5 nitrogen and oxygen atoms in total. The van der Waals surface area contributed by atoms with E-state index in [0.29, 0.717) is 30.3 Å². The van der Waals surface area contributed by atoms with Crippen LogP contribution in [-0.2, 0) is 9.53 Å². The third kappa shape index (κ3) is 4.06. The fourth-order valence-electron chi connectivity index (χ4n) is 1.77. The van der Waals surface area contributed by atoms with Gasteiger partial charge in [-0.3, -0.25) is 4.79 Å². The highest BCUT2D eigenvalue weighted by atomic mass is 16.5. The number of anilines is 1. The maximum atomic E-state index is 11.8. The summed E-state index contributed by atoms with van der Waals surface area (Å²) in [7, 11) is 1.32. The summed E-state index contributed by atoms with van der Waals surface area (Å²) < 4.78 is 4.68. The van der Waals surface area contributed by atoms with E-state index >= 15 is 0 Å². The molecule has 1 aromatic rings. The van der Waals surface area contributed by atoms with E-state index in [2.05, 4.69) is 15.4 Å². The number of amides is 1. The topological polar surface area (TPSA) is 67.4 Å². The van der Waals surface area contributed by atoms with Crippen LogP contribution in [0.3, 0.4) is 0 Å². The van der Waals surface area contributed by atoms with Crippen molar-refractivity contribution in [3.05, 3.63) is 29.8 Å². The molecule has 0 spiro atoms. The molecule has 0 bridgehead atoms. The molecule has 1 aliphatic carbocycles. The predicted molar refractivity (Wildman–Crippen MR) is 72.1 cm³/mol. The fourth-order valence-corrected chi connectivity index (χ4v) is 1.77. The van der Waals surface area contributed by atoms with Crippen molar-refractivity contribution in [3.8, 4) is 0 Å². The molecule has 1 fully saturated rings. The first-order valence-corrected chi connectivity index (χ1v) is 6.41. The van der Waals surface area contributed by atoms with E-state index in [-0.39, 0.29) is 5.91 Å². The van der Waals surface area contributed by atoms with Crippen LogP contribution in [-0.4, -0.2) is 31.6 Å². The number of esters is 1. The number of hydrogen-bond acceptors (Lipinski definition) is 4. The molecule has 19 heavy (non-hydrogen) atoms. The van der Waals surface area contributed by atoms with Gasteiger partial charge in [-0.25, -0.2) is 4.79 Å². The fraction of sp³-hybridized carbons (Fsp3) is 0.429. The van der Waals surface area contributed by atoms with Crippen molar-refractivity contribution < 1.29 is 14.3 Å². The third-order valence-electron chi connectivity index (χ3n) is 2.97. The van der Waals surface area contributed by atoms with E-state index in [1.165, 1.54) is 20.0 Å². The molecule has 2 rings (SSSR count). The van der Waals surface area contributed by atoms with Crippen LogP contribution in [0.15, 0.2) is 24.3 Å². The Balaban J connectivity index is 1.89. The van der Waals surface area contributed by atoms with Gasteiger partial charge in [0, 0.05) is 19.0 Å². The number of methoxy groups -OCH3 is 1. The average molecular weight is 262 g/mol. The lowest BCUT2D eigenvalue weighted by atomic mass is 10.1. The van der Waals surface area contributed by atoms with Crippen molar-refractivity contribution in [2.45, 2.75) is 25.3 Å². The molecule has 0 atom stereocenters. The quantitative estimate of drug-likeness (QED) is 0.763. The summed E-state index contributed by atoms with van der Waals surface area (Å²) in [6, 6.07) is 7.42. The maximum absolute atomic E-state index is 11.8. The molecule has 1 aliphatic rings. The highest BCUT2D eigenvalue weighted by Gasteiger charge is 2.20. The summed E-state index contributed by atoms with van der Waals surface area (Å²) in [5.41, 5.74) is 0.860. The van der Waals surface area contributed by atoms with Crippen molar-refractivity contribution in [1.29, 1.82) is 0 Å². The summed E-state index contributed by atoms with van der Waals surface area (Å²) in [4.78, 5) is 23.3. The van der Waals surface area contributed by atoms with Crippen molar-refractivity contribution in [1.82, 2.24) is 5.32 Å². The Labute approximate surface area is 112 Å². The molecule has 0 aromatic heterocycles. The molecule has 0 aliphatic heterocycles. The van der Waals surface area contributed by atoms with E-state index in [9.17, 15) is 9.59 Å². The number of benzene rings is 1. The molecule has 0 saturated heterocycles. The molecule has 1 saturated carbocycles. The van der Waals surface area contributed by atoms with Crippen LogP contribution in [0.4, 0.5) is 5.69 Å². The zero-order chi connectivity index (χ0) is 13.7. The Morgan fingerprint density at radius 3 is 2.74 bits per heavy atom. The van der Waals surface area contributed by atoms with Crippen molar-refractivity contribution >= 4 is 17.6 Å². The monoisotopic (exact) mass is 262 g/mol. The van der Waals surface area contributed by atoms with E-state index in [1.807, 2.05) is 0 Å². The summed E-state index contributed by atoms with van der Waals surface area (Å²) >= 11 is 0. The molecular weight excluding hydrogens is 244 g/mol. The minimum Gasteiger partial charge on any atom is -0.465 e. The molecule has 102 valence electrons. The molecule has 0 radical (unpaired) electrons. The van der Waals surface area contributed by atoms with Gasteiger partial charge in [-0.05, 0) is 25.0 Å². The van der Waals surface area contributed by atoms with Gasteiger partial charge in [0.15, 0.2) is 0 Å². The lowest BCUT2D eigenvalue weighted by molar-refractivity contribution is -0.116. The predicted octanol–water partition coefficient (Wildman–Crippen LogP) is 1.55. The first kappa shape index (κ1) is 13.5. The summed E-state index contributed by atoms with van der Waals surface area (Å²) in [5, 5.41) is 6.01. The van der Waals surface area contributed by atoms with Gasteiger partial charge in [-0.15, -0.1) is 0 Å². The molecule has 1 amide bonds. The minimum atomic E-state index is -0.452. The standard InChI is InChI=1S/C14H18N2O3/c1-19-14(18)11-4-2-3-5-12(11)16-13(17)8-9-15-10-6-7-10/h2-5,10,15H,6-9H2,1H3,(H,16,17). The van der Waals surface area contributed by atoms with Gasteiger partial charge in [-0.1, -0.05) is 12.1 Å². The van der Waals surface area contributed by atoms with E-state index in [4.69, 9.17) is 0 Å². The Morgan fingerprint density at radius 1 is 1.32 bits per heavy atom. The van der Waals surface area contributed by atoms with Gasteiger partial charge < -0.3 is 15.4 Å². The maximum Gasteiger partial charge on any atom is 0.339 e. The Bertz CT molecular complexity index is 470. The molecule has 0 unspecified atom stereocenters. The second-order valence-electron chi connectivity index (χ2n) is 4.56. The van der Waals surface area contributed by atoms with Gasteiger partial charge in [0.2, 0.25) is 5.91 Å². The third-order valence-corrected chi connectivity index (χ3v) is 2.97. The first-order valence-electron chi connectivity index (χ1n) is 6.41. The van der Waals surface area contributed by atoms with Gasteiger partial charge >= 0.3 is 5.97 Å². The summed E-state index contributed by atoms with van der Waals surface area (Å²) in [6.45, 7) is 0.664. The normalized spacial score (nSPS) is 13.9. The van der Waals surface area contributed by atoms with Crippen LogP contribution in [0.1, 0.15) is 29.6 Å². The highest BCUT2D eigenvalue weighted by molar-refractivity contribution is 6.01. The molecule has 0 heterocycles. The molecule has 1 aromatic carbocycles. The number of hydrogen-bond donors (Lipinski definition) is 2. The SMILES string of the molecule is COC(=O)c1ccccc1NC(=O)CCNC1CC1. The lowest BCUT2D eigenvalue weighted by Crippen LogP contribution is -2.23. The van der Waals surface area contributed by atoms with Crippen LogP contribution < -0.4 is 10.6 Å². The highest BCUT2D eigenvalue weighted by Crippen LogP contribution is 2.18. The Morgan fingerprint density at radius 2 is 2.05 bits per heavy atom. The number of rotatable bonds is 6. The smallest absolute Gasteiger partial charge is 0.339 e. The van der Waals surface area contributed by atoms with Crippen LogP contribution >= 0.6 is 0 Å². The summed E-state index contributed by atoms with van der Waals surface area (Å²) in [6.07, 6.45) is 2.80. The van der Waals surface area contributed by atoms with E-state index in [1.54, 1.807) is 24.3 Å². The second-order valence-corrected chi connectivity index (χ2v) is 4.56.